The third kappa shape index (κ3) is 4.39. The molecular weight excluding hydrogens is 248 g/mol. The minimum absolute atomic E-state index is 0.000000000000000222. The Hall–Kier alpha value is -2.14. The van der Waals surface area contributed by atoms with Crippen molar-refractivity contribution in [2.45, 2.75) is 6.42 Å². The van der Waals surface area contributed by atoms with E-state index < -0.39 is 5.97 Å². The highest BCUT2D eigenvalue weighted by Gasteiger charge is 2.03. The molecule has 0 aromatic heterocycles. The Kier molecular flexibility index (Phi) is 5.07. The fourth-order valence-corrected chi connectivity index (χ4v) is 1.61. The molecule has 0 aliphatic heterocycles. The van der Waals surface area contributed by atoms with Crippen molar-refractivity contribution in [2.24, 2.45) is 11.5 Å². The summed E-state index contributed by atoms with van der Waals surface area (Å²) in [6.45, 7) is 0. The van der Waals surface area contributed by atoms with Gasteiger partial charge in [-0.05, 0) is 28.6 Å². The maximum absolute atomic E-state index is 10.6. The Labute approximate surface area is 110 Å². The zero-order valence-corrected chi connectivity index (χ0v) is 10.5. The monoisotopic (exact) mass is 262 g/mol. The van der Waals surface area contributed by atoms with E-state index in [1.54, 1.807) is 0 Å². The summed E-state index contributed by atoms with van der Waals surface area (Å²) in [5, 5.41) is 10.8. The second kappa shape index (κ2) is 6.56. The summed E-state index contributed by atoms with van der Waals surface area (Å²) < 4.78 is 0. The number of nitrogens with two attached hydrogens (primary N) is 2. The zero-order valence-electron chi connectivity index (χ0n) is 9.67. The molecule has 0 amide bonds. The van der Waals surface area contributed by atoms with Gasteiger partial charge in [0.1, 0.15) is 0 Å². The normalized spacial score (nSPS) is 9.33. The lowest BCUT2D eigenvalue weighted by Crippen LogP contribution is -2.18. The van der Waals surface area contributed by atoms with Crippen LogP contribution in [0.1, 0.15) is 5.56 Å². The van der Waals surface area contributed by atoms with Crippen LogP contribution in [-0.4, -0.2) is 16.2 Å². The van der Waals surface area contributed by atoms with Gasteiger partial charge in [0.05, 0.1) is 6.42 Å². The van der Waals surface area contributed by atoms with Gasteiger partial charge in [-0.3, -0.25) is 4.79 Å². The first kappa shape index (κ1) is 13.9. The number of aliphatic carboxylic acids is 1. The van der Waals surface area contributed by atoms with Crippen molar-refractivity contribution in [3.05, 3.63) is 48.0 Å². The van der Waals surface area contributed by atoms with Gasteiger partial charge in [-0.1, -0.05) is 42.5 Å². The van der Waals surface area contributed by atoms with Crippen LogP contribution in [0.15, 0.2) is 42.5 Å². The molecule has 0 saturated heterocycles. The molecular formula is C13H14N2O2S. The Morgan fingerprint density at radius 3 is 2.28 bits per heavy atom. The van der Waals surface area contributed by atoms with E-state index in [-0.39, 0.29) is 11.5 Å². The fraction of sp³-hybridized carbons (Fsp3) is 0.0769. The highest BCUT2D eigenvalue weighted by Crippen LogP contribution is 2.18. The molecule has 2 aromatic rings. The predicted octanol–water partition coefficient (Wildman–Crippen LogP) is 1.66. The molecule has 2 aromatic carbocycles. The summed E-state index contributed by atoms with van der Waals surface area (Å²) >= 11 is 4.09. The summed E-state index contributed by atoms with van der Waals surface area (Å²) in [5.74, 6) is -0.790. The van der Waals surface area contributed by atoms with Gasteiger partial charge in [0.15, 0.2) is 5.11 Å². The van der Waals surface area contributed by atoms with Crippen LogP contribution in [-0.2, 0) is 11.2 Å². The molecule has 0 bridgehead atoms. The summed E-state index contributed by atoms with van der Waals surface area (Å²) in [5.41, 5.74) is 10.1. The molecule has 94 valence electrons. The molecule has 5 heteroatoms. The summed E-state index contributed by atoms with van der Waals surface area (Å²) in [6.07, 6.45) is 0.0847. The molecule has 18 heavy (non-hydrogen) atoms. The number of carbonyl (C=O) groups is 1. The van der Waals surface area contributed by atoms with Crippen LogP contribution in [0.5, 0.6) is 0 Å². The average molecular weight is 262 g/mol. The number of carboxylic acid groups (broad SMARTS) is 1. The lowest BCUT2D eigenvalue weighted by atomic mass is 10.0. The second-order valence-electron chi connectivity index (χ2n) is 3.61. The van der Waals surface area contributed by atoms with Gasteiger partial charge in [-0.25, -0.2) is 0 Å². The molecule has 0 spiro atoms. The van der Waals surface area contributed by atoms with Crippen molar-refractivity contribution in [1.29, 1.82) is 0 Å². The molecule has 4 nitrogen and oxygen atoms in total. The highest BCUT2D eigenvalue weighted by molar-refractivity contribution is 7.80. The SMILES string of the molecule is NC(N)=S.O=C(O)Cc1cccc2ccccc12. The van der Waals surface area contributed by atoms with E-state index in [1.165, 1.54) is 0 Å². The molecule has 0 aliphatic rings. The minimum atomic E-state index is -0.790. The lowest BCUT2D eigenvalue weighted by Gasteiger charge is -2.02. The minimum Gasteiger partial charge on any atom is -0.481 e. The van der Waals surface area contributed by atoms with Gasteiger partial charge >= 0.3 is 5.97 Å². The van der Waals surface area contributed by atoms with Crippen molar-refractivity contribution in [1.82, 2.24) is 0 Å². The molecule has 0 heterocycles. The Bertz CT molecular complexity index is 560. The van der Waals surface area contributed by atoms with Crippen molar-refractivity contribution in [2.75, 3.05) is 0 Å². The van der Waals surface area contributed by atoms with Gasteiger partial charge in [-0.2, -0.15) is 0 Å². The van der Waals surface area contributed by atoms with Crippen molar-refractivity contribution >= 4 is 34.1 Å². The van der Waals surface area contributed by atoms with E-state index in [9.17, 15) is 4.79 Å². The second-order valence-corrected chi connectivity index (χ2v) is 4.08. The average Bonchev–Trinajstić information content (AvgIpc) is 2.28. The Morgan fingerprint density at radius 2 is 1.67 bits per heavy atom. The van der Waals surface area contributed by atoms with Crippen LogP contribution in [0.25, 0.3) is 10.8 Å². The van der Waals surface area contributed by atoms with Gasteiger partial charge in [-0.15, -0.1) is 0 Å². The summed E-state index contributed by atoms with van der Waals surface area (Å²) in [7, 11) is 0. The highest BCUT2D eigenvalue weighted by atomic mass is 32.1. The zero-order chi connectivity index (χ0) is 13.5. The van der Waals surface area contributed by atoms with Crippen LogP contribution in [0, 0.1) is 0 Å². The quantitative estimate of drug-likeness (QED) is 0.716. The largest absolute Gasteiger partial charge is 0.481 e. The van der Waals surface area contributed by atoms with Crippen molar-refractivity contribution in [3.8, 4) is 0 Å². The Balaban J connectivity index is 0.000000357. The maximum atomic E-state index is 10.6. The fourth-order valence-electron chi connectivity index (χ4n) is 1.61. The van der Waals surface area contributed by atoms with Crippen LogP contribution < -0.4 is 11.5 Å². The number of rotatable bonds is 2. The molecule has 5 N–H and O–H groups in total. The molecule has 0 atom stereocenters. The molecule has 0 unspecified atom stereocenters. The van der Waals surface area contributed by atoms with E-state index in [2.05, 4.69) is 23.7 Å². The van der Waals surface area contributed by atoms with E-state index in [1.807, 2.05) is 42.5 Å². The van der Waals surface area contributed by atoms with Gasteiger partial charge in [0.25, 0.3) is 0 Å². The standard InChI is InChI=1S/C12H10O2.CH4N2S/c13-12(14)8-10-6-3-5-9-4-1-2-7-11(9)10;2-1(3)4/h1-7H,8H2,(H,13,14);(H4,2,3,4). The van der Waals surface area contributed by atoms with Gasteiger partial charge < -0.3 is 16.6 Å². The number of thiocarbonyl (C=S) groups is 1. The third-order valence-electron chi connectivity index (χ3n) is 2.22. The van der Waals surface area contributed by atoms with Crippen LogP contribution in [0.3, 0.4) is 0 Å². The Morgan fingerprint density at radius 1 is 1.11 bits per heavy atom. The molecule has 0 radical (unpaired) electrons. The number of hydrogen-bond acceptors (Lipinski definition) is 2. The van der Waals surface area contributed by atoms with Crippen LogP contribution >= 0.6 is 12.2 Å². The maximum Gasteiger partial charge on any atom is 0.307 e. The number of carboxylic acids is 1. The lowest BCUT2D eigenvalue weighted by molar-refractivity contribution is -0.136. The summed E-state index contributed by atoms with van der Waals surface area (Å²) in [6, 6.07) is 13.5. The topological polar surface area (TPSA) is 89.3 Å². The predicted molar refractivity (Wildman–Crippen MR) is 76.3 cm³/mol. The van der Waals surface area contributed by atoms with Crippen LogP contribution in [0.2, 0.25) is 0 Å². The number of hydrogen-bond donors (Lipinski definition) is 3. The summed E-state index contributed by atoms with van der Waals surface area (Å²) in [4.78, 5) is 10.6. The number of fused-ring (bicyclic) bond motifs is 1. The van der Waals surface area contributed by atoms with E-state index >= 15 is 0 Å². The van der Waals surface area contributed by atoms with E-state index in [4.69, 9.17) is 5.11 Å². The number of benzene rings is 2. The third-order valence-corrected chi connectivity index (χ3v) is 2.22. The molecule has 0 saturated carbocycles. The molecule has 0 fully saturated rings. The molecule has 2 rings (SSSR count). The first-order valence-electron chi connectivity index (χ1n) is 5.24. The van der Waals surface area contributed by atoms with Gasteiger partial charge in [0, 0.05) is 0 Å². The van der Waals surface area contributed by atoms with Crippen LogP contribution in [0.4, 0.5) is 0 Å². The van der Waals surface area contributed by atoms with Crippen molar-refractivity contribution in [3.63, 3.8) is 0 Å². The van der Waals surface area contributed by atoms with Crippen molar-refractivity contribution < 1.29 is 9.90 Å². The van der Waals surface area contributed by atoms with E-state index in [0.29, 0.717) is 0 Å². The van der Waals surface area contributed by atoms with Gasteiger partial charge in [0.2, 0.25) is 0 Å². The molecule has 0 aliphatic carbocycles. The first-order chi connectivity index (χ1) is 8.50. The van der Waals surface area contributed by atoms with E-state index in [0.717, 1.165) is 16.3 Å². The smallest absolute Gasteiger partial charge is 0.307 e. The first-order valence-corrected chi connectivity index (χ1v) is 5.65.